The summed E-state index contributed by atoms with van der Waals surface area (Å²) in [5, 5.41) is 3.91. The molecule has 0 saturated carbocycles. The van der Waals surface area contributed by atoms with Crippen LogP contribution in [0.25, 0.3) is 0 Å². The Morgan fingerprint density at radius 1 is 1.35 bits per heavy atom. The second-order valence-corrected chi connectivity index (χ2v) is 6.13. The lowest BCUT2D eigenvalue weighted by Gasteiger charge is -2.07. The van der Waals surface area contributed by atoms with Gasteiger partial charge in [-0.05, 0) is 31.0 Å². The lowest BCUT2D eigenvalue weighted by atomic mass is 10.2. The maximum atomic E-state index is 12.2. The normalized spacial score (nSPS) is 11.7. The van der Waals surface area contributed by atoms with Crippen LogP contribution in [0.3, 0.4) is 0 Å². The Kier molecular flexibility index (Phi) is 4.05. The summed E-state index contributed by atoms with van der Waals surface area (Å²) in [6, 6.07) is 3.69. The number of sulfonamides is 1. The van der Waals surface area contributed by atoms with Crippen molar-refractivity contribution in [3.63, 3.8) is 0 Å². The highest BCUT2D eigenvalue weighted by Crippen LogP contribution is 2.20. The highest BCUT2D eigenvalue weighted by Gasteiger charge is 2.23. The molecule has 0 aromatic carbocycles. The van der Waals surface area contributed by atoms with Crippen molar-refractivity contribution in [2.45, 2.75) is 18.2 Å². The molecule has 0 aliphatic carbocycles. The molecule has 20 heavy (non-hydrogen) atoms. The van der Waals surface area contributed by atoms with Gasteiger partial charge in [0.15, 0.2) is 5.82 Å². The van der Waals surface area contributed by atoms with Gasteiger partial charge in [0, 0.05) is 26.0 Å². The zero-order valence-electron chi connectivity index (χ0n) is 11.4. The van der Waals surface area contributed by atoms with E-state index in [9.17, 15) is 8.42 Å². The van der Waals surface area contributed by atoms with Crippen LogP contribution in [0.5, 0.6) is 0 Å². The number of nitrogens with two attached hydrogens (primary N) is 1. The predicted octanol–water partition coefficient (Wildman–Crippen LogP) is 0.227. The molecule has 0 radical (unpaired) electrons. The molecule has 0 saturated heterocycles. The summed E-state index contributed by atoms with van der Waals surface area (Å²) in [6.45, 7) is 1.96. The number of pyridine rings is 1. The van der Waals surface area contributed by atoms with Crippen molar-refractivity contribution in [1.82, 2.24) is 19.5 Å². The van der Waals surface area contributed by atoms with Gasteiger partial charge in [-0.2, -0.15) is 5.10 Å². The molecule has 2 aromatic rings. The van der Waals surface area contributed by atoms with Gasteiger partial charge in [0.1, 0.15) is 4.90 Å². The van der Waals surface area contributed by atoms with E-state index in [-0.39, 0.29) is 10.7 Å². The highest BCUT2D eigenvalue weighted by atomic mass is 32.2. The zero-order chi connectivity index (χ0) is 14.8. The molecular weight excluding hydrogens is 278 g/mol. The maximum Gasteiger partial charge on any atom is 0.246 e. The summed E-state index contributed by atoms with van der Waals surface area (Å²) in [4.78, 5) is 3.96. The fourth-order valence-corrected chi connectivity index (χ4v) is 3.25. The summed E-state index contributed by atoms with van der Waals surface area (Å²) < 4.78 is 28.4. The van der Waals surface area contributed by atoms with Gasteiger partial charge < -0.3 is 5.73 Å². The van der Waals surface area contributed by atoms with Gasteiger partial charge in [0.25, 0.3) is 0 Å². The van der Waals surface area contributed by atoms with E-state index in [1.807, 2.05) is 12.1 Å². The van der Waals surface area contributed by atoms with E-state index in [1.54, 1.807) is 26.4 Å². The fraction of sp³-hybridized carbons (Fsp3) is 0.333. The molecule has 0 aliphatic heterocycles. The first-order chi connectivity index (χ1) is 9.42. The van der Waals surface area contributed by atoms with E-state index in [0.29, 0.717) is 18.7 Å². The van der Waals surface area contributed by atoms with Gasteiger partial charge >= 0.3 is 0 Å². The Hall–Kier alpha value is -1.93. The van der Waals surface area contributed by atoms with Gasteiger partial charge in [0.2, 0.25) is 10.0 Å². The Morgan fingerprint density at radius 2 is 2.00 bits per heavy atom. The third kappa shape index (κ3) is 2.97. The predicted molar refractivity (Wildman–Crippen MR) is 75.5 cm³/mol. The van der Waals surface area contributed by atoms with E-state index in [1.165, 1.54) is 4.68 Å². The van der Waals surface area contributed by atoms with Gasteiger partial charge in [-0.25, -0.2) is 13.1 Å². The topological polar surface area (TPSA) is 103 Å². The van der Waals surface area contributed by atoms with Crippen LogP contribution >= 0.6 is 0 Å². The minimum Gasteiger partial charge on any atom is -0.381 e. The second-order valence-electron chi connectivity index (χ2n) is 4.43. The molecule has 0 amide bonds. The lowest BCUT2D eigenvalue weighted by Crippen LogP contribution is -2.27. The molecule has 0 fully saturated rings. The SMILES string of the molecule is Cc1c(S(=O)(=O)NCCc2ccncc2)c(N)nn1C. The van der Waals surface area contributed by atoms with Gasteiger partial charge in [-0.3, -0.25) is 9.67 Å². The standard InChI is InChI=1S/C12H17N5O2S/c1-9-11(12(13)16-17(9)2)20(18,19)15-8-5-10-3-6-14-7-4-10/h3-4,6-7,15H,5,8H2,1-2H3,(H2,13,16). The van der Waals surface area contributed by atoms with Crippen molar-refractivity contribution < 1.29 is 8.42 Å². The van der Waals surface area contributed by atoms with Gasteiger partial charge in [-0.15, -0.1) is 0 Å². The van der Waals surface area contributed by atoms with Crippen LogP contribution < -0.4 is 10.5 Å². The molecule has 108 valence electrons. The third-order valence-corrected chi connectivity index (χ3v) is 4.65. The fourth-order valence-electron chi connectivity index (χ4n) is 1.90. The molecule has 0 bridgehead atoms. The van der Waals surface area contributed by atoms with Crippen LogP contribution in [0.15, 0.2) is 29.4 Å². The smallest absolute Gasteiger partial charge is 0.246 e. The minimum absolute atomic E-state index is 0.0152. The van der Waals surface area contributed by atoms with Crippen LogP contribution in [-0.4, -0.2) is 29.7 Å². The van der Waals surface area contributed by atoms with E-state index in [2.05, 4.69) is 14.8 Å². The number of rotatable bonds is 5. The first kappa shape index (κ1) is 14.5. The number of nitrogen functional groups attached to an aromatic ring is 1. The number of aromatic nitrogens is 3. The van der Waals surface area contributed by atoms with Gasteiger partial charge in [-0.1, -0.05) is 0 Å². The molecular formula is C12H17N5O2S. The maximum absolute atomic E-state index is 12.2. The summed E-state index contributed by atoms with van der Waals surface area (Å²) in [7, 11) is -1.99. The lowest BCUT2D eigenvalue weighted by molar-refractivity contribution is 0.581. The summed E-state index contributed by atoms with van der Waals surface area (Å²) in [5.74, 6) is 0.0152. The molecule has 0 unspecified atom stereocenters. The van der Waals surface area contributed by atoms with E-state index >= 15 is 0 Å². The van der Waals surface area contributed by atoms with Crippen LogP contribution in [0.4, 0.5) is 5.82 Å². The second kappa shape index (κ2) is 5.59. The molecule has 0 spiro atoms. The summed E-state index contributed by atoms with van der Waals surface area (Å²) in [5.41, 5.74) is 7.18. The van der Waals surface area contributed by atoms with Crippen molar-refractivity contribution in [3.05, 3.63) is 35.8 Å². The molecule has 2 aromatic heterocycles. The molecule has 0 aliphatic rings. The average Bonchev–Trinajstić information content (AvgIpc) is 2.64. The average molecular weight is 295 g/mol. The molecule has 7 nitrogen and oxygen atoms in total. The molecule has 8 heteroatoms. The summed E-state index contributed by atoms with van der Waals surface area (Å²) in [6.07, 6.45) is 3.93. The van der Waals surface area contributed by atoms with Crippen LogP contribution in [0, 0.1) is 6.92 Å². The van der Waals surface area contributed by atoms with Crippen LogP contribution in [0.2, 0.25) is 0 Å². The first-order valence-electron chi connectivity index (χ1n) is 6.09. The van der Waals surface area contributed by atoms with E-state index in [0.717, 1.165) is 5.56 Å². The Labute approximate surface area is 117 Å². The number of nitrogens with one attached hydrogen (secondary N) is 1. The molecule has 2 rings (SSSR count). The van der Waals surface area contributed by atoms with Crippen molar-refractivity contribution in [3.8, 4) is 0 Å². The van der Waals surface area contributed by atoms with Gasteiger partial charge in [0.05, 0.1) is 5.69 Å². The monoisotopic (exact) mass is 295 g/mol. The molecule has 2 heterocycles. The quantitative estimate of drug-likeness (QED) is 0.821. The first-order valence-corrected chi connectivity index (χ1v) is 7.58. The molecule has 0 atom stereocenters. The Bertz CT molecular complexity index is 694. The summed E-state index contributed by atoms with van der Waals surface area (Å²) >= 11 is 0. The number of anilines is 1. The highest BCUT2D eigenvalue weighted by molar-refractivity contribution is 7.89. The van der Waals surface area contributed by atoms with E-state index in [4.69, 9.17) is 5.73 Å². The van der Waals surface area contributed by atoms with Crippen LogP contribution in [-0.2, 0) is 23.5 Å². The van der Waals surface area contributed by atoms with Crippen LogP contribution in [0.1, 0.15) is 11.3 Å². The number of nitrogens with zero attached hydrogens (tertiary/aromatic N) is 3. The third-order valence-electron chi connectivity index (χ3n) is 3.03. The van der Waals surface area contributed by atoms with E-state index < -0.39 is 10.0 Å². The zero-order valence-corrected chi connectivity index (χ0v) is 12.2. The largest absolute Gasteiger partial charge is 0.381 e. The van der Waals surface area contributed by atoms with Crippen molar-refractivity contribution in [2.24, 2.45) is 7.05 Å². The Balaban J connectivity index is 2.08. The molecule has 3 N–H and O–H groups in total. The minimum atomic E-state index is -3.64. The number of hydrogen-bond donors (Lipinski definition) is 2. The Morgan fingerprint density at radius 3 is 2.55 bits per heavy atom. The number of hydrogen-bond acceptors (Lipinski definition) is 5. The van der Waals surface area contributed by atoms with Crippen molar-refractivity contribution in [2.75, 3.05) is 12.3 Å². The number of aryl methyl sites for hydroxylation is 1. The van der Waals surface area contributed by atoms with Crippen molar-refractivity contribution >= 4 is 15.8 Å². The van der Waals surface area contributed by atoms with Crippen molar-refractivity contribution in [1.29, 1.82) is 0 Å².